The summed E-state index contributed by atoms with van der Waals surface area (Å²) in [5.74, 6) is -0.815. The van der Waals surface area contributed by atoms with Gasteiger partial charge in [-0.05, 0) is 50.7 Å². The number of carbonyl (C=O) groups excluding carboxylic acids is 2. The molecule has 0 bridgehead atoms. The topological polar surface area (TPSA) is 52.6 Å². The summed E-state index contributed by atoms with van der Waals surface area (Å²) in [5.41, 5.74) is 0.641. The fraction of sp³-hybridized carbons (Fsp3) is 0.750. The minimum absolute atomic E-state index is 0.0988. The minimum atomic E-state index is -0.407. The van der Waals surface area contributed by atoms with E-state index < -0.39 is 11.9 Å². The van der Waals surface area contributed by atoms with Crippen molar-refractivity contribution in [3.63, 3.8) is 0 Å². The standard InChI is InChI=1S/C32H54O4/c1-5-9-11-13-15-17-23-27(21-7-3)35-31(33)29-25-19-20-26-30(29)32(34)36-28(22-8-4)24-18-16-14-12-10-6-2/h19-20,25-28H,5-18,21-24H2,1-4H3. The van der Waals surface area contributed by atoms with Crippen LogP contribution >= 0.6 is 0 Å². The van der Waals surface area contributed by atoms with E-state index in [-0.39, 0.29) is 12.2 Å². The van der Waals surface area contributed by atoms with Crippen LogP contribution in [0.2, 0.25) is 0 Å². The van der Waals surface area contributed by atoms with Gasteiger partial charge in [0.1, 0.15) is 12.2 Å². The smallest absolute Gasteiger partial charge is 0.339 e. The molecule has 206 valence electrons. The van der Waals surface area contributed by atoms with Crippen molar-refractivity contribution in [2.45, 2.75) is 155 Å². The van der Waals surface area contributed by atoms with Gasteiger partial charge < -0.3 is 9.47 Å². The molecule has 0 aromatic heterocycles. The average Bonchev–Trinajstić information content (AvgIpc) is 2.88. The van der Waals surface area contributed by atoms with Crippen molar-refractivity contribution in [2.24, 2.45) is 0 Å². The molecule has 0 saturated carbocycles. The third-order valence-corrected chi connectivity index (χ3v) is 6.89. The Labute approximate surface area is 221 Å². The van der Waals surface area contributed by atoms with Gasteiger partial charge in [0, 0.05) is 0 Å². The van der Waals surface area contributed by atoms with Crippen molar-refractivity contribution in [2.75, 3.05) is 0 Å². The summed E-state index contributed by atoms with van der Waals surface area (Å²) in [6.07, 6.45) is 19.8. The summed E-state index contributed by atoms with van der Waals surface area (Å²) < 4.78 is 11.8. The Morgan fingerprint density at radius 2 is 0.889 bits per heavy atom. The molecule has 36 heavy (non-hydrogen) atoms. The largest absolute Gasteiger partial charge is 0.459 e. The Kier molecular flexibility index (Phi) is 19.0. The zero-order valence-corrected chi connectivity index (χ0v) is 23.8. The second kappa shape index (κ2) is 21.3. The SMILES string of the molecule is CCCCCCCCC(CCC)OC(=O)c1ccccc1C(=O)OC(CCC)CCCCCCCC. The third-order valence-electron chi connectivity index (χ3n) is 6.89. The molecule has 1 aromatic rings. The van der Waals surface area contributed by atoms with Gasteiger partial charge in [0.2, 0.25) is 0 Å². The second-order valence-electron chi connectivity index (χ2n) is 10.3. The maximum atomic E-state index is 13.1. The van der Waals surface area contributed by atoms with Crippen LogP contribution in [0.5, 0.6) is 0 Å². The molecule has 0 radical (unpaired) electrons. The maximum Gasteiger partial charge on any atom is 0.339 e. The normalized spacial score (nSPS) is 12.8. The molecule has 1 aromatic carbocycles. The first-order valence-corrected chi connectivity index (χ1v) is 15.1. The Bertz CT molecular complexity index is 640. The van der Waals surface area contributed by atoms with Crippen molar-refractivity contribution in [1.82, 2.24) is 0 Å². The Morgan fingerprint density at radius 3 is 1.25 bits per heavy atom. The molecule has 0 aliphatic rings. The van der Waals surface area contributed by atoms with Gasteiger partial charge in [-0.1, -0.05) is 117 Å². The van der Waals surface area contributed by atoms with Gasteiger partial charge in [-0.2, -0.15) is 0 Å². The van der Waals surface area contributed by atoms with E-state index in [1.54, 1.807) is 24.3 Å². The van der Waals surface area contributed by atoms with E-state index in [0.717, 1.165) is 51.4 Å². The summed E-state index contributed by atoms with van der Waals surface area (Å²) in [7, 11) is 0. The highest BCUT2D eigenvalue weighted by Gasteiger charge is 2.23. The third kappa shape index (κ3) is 14.0. The van der Waals surface area contributed by atoms with E-state index >= 15 is 0 Å². The lowest BCUT2D eigenvalue weighted by atomic mass is 10.0. The molecule has 4 heteroatoms. The van der Waals surface area contributed by atoms with Crippen molar-refractivity contribution in [3.05, 3.63) is 35.4 Å². The number of hydrogen-bond acceptors (Lipinski definition) is 4. The Balaban J connectivity index is 2.69. The van der Waals surface area contributed by atoms with Gasteiger partial charge in [-0.3, -0.25) is 0 Å². The number of benzene rings is 1. The fourth-order valence-corrected chi connectivity index (χ4v) is 4.74. The molecule has 2 atom stereocenters. The van der Waals surface area contributed by atoms with Gasteiger partial charge in [0.15, 0.2) is 0 Å². The van der Waals surface area contributed by atoms with Crippen LogP contribution in [0.25, 0.3) is 0 Å². The summed E-state index contributed by atoms with van der Waals surface area (Å²) in [4.78, 5) is 26.2. The molecule has 0 saturated heterocycles. The van der Waals surface area contributed by atoms with Gasteiger partial charge in [-0.15, -0.1) is 0 Å². The average molecular weight is 503 g/mol. The molecule has 0 aliphatic carbocycles. The van der Waals surface area contributed by atoms with Gasteiger partial charge >= 0.3 is 11.9 Å². The Morgan fingerprint density at radius 1 is 0.528 bits per heavy atom. The highest BCUT2D eigenvalue weighted by Crippen LogP contribution is 2.21. The first-order chi connectivity index (χ1) is 17.6. The zero-order chi connectivity index (χ0) is 26.4. The minimum Gasteiger partial charge on any atom is -0.459 e. The number of esters is 2. The molecule has 0 heterocycles. The summed E-state index contributed by atoms with van der Waals surface area (Å²) in [6, 6.07) is 6.95. The molecule has 0 spiro atoms. The highest BCUT2D eigenvalue weighted by atomic mass is 16.5. The molecule has 0 amide bonds. The molecule has 1 rings (SSSR count). The lowest BCUT2D eigenvalue weighted by Gasteiger charge is -2.20. The molecule has 4 nitrogen and oxygen atoms in total. The summed E-state index contributed by atoms with van der Waals surface area (Å²) in [6.45, 7) is 8.68. The highest BCUT2D eigenvalue weighted by molar-refractivity contribution is 6.03. The summed E-state index contributed by atoms with van der Waals surface area (Å²) in [5, 5.41) is 0. The van der Waals surface area contributed by atoms with Crippen LogP contribution in [-0.2, 0) is 9.47 Å². The lowest BCUT2D eigenvalue weighted by Crippen LogP contribution is -2.23. The predicted octanol–water partition coefficient (Wildman–Crippen LogP) is 9.84. The fourth-order valence-electron chi connectivity index (χ4n) is 4.74. The van der Waals surface area contributed by atoms with Crippen LogP contribution in [0.1, 0.15) is 164 Å². The molecule has 0 N–H and O–H groups in total. The molecule has 0 aliphatic heterocycles. The molecule has 0 fully saturated rings. The van der Waals surface area contributed by atoms with Crippen LogP contribution in [-0.4, -0.2) is 24.1 Å². The zero-order valence-electron chi connectivity index (χ0n) is 23.8. The van der Waals surface area contributed by atoms with Crippen LogP contribution in [0, 0.1) is 0 Å². The van der Waals surface area contributed by atoms with Crippen molar-refractivity contribution < 1.29 is 19.1 Å². The first-order valence-electron chi connectivity index (χ1n) is 15.1. The predicted molar refractivity (Wildman–Crippen MR) is 151 cm³/mol. The number of ether oxygens (including phenoxy) is 2. The Hall–Kier alpha value is -1.84. The molecular weight excluding hydrogens is 448 g/mol. The molecular formula is C32H54O4. The number of carbonyl (C=O) groups is 2. The first kappa shape index (κ1) is 32.2. The quantitative estimate of drug-likeness (QED) is 0.117. The van der Waals surface area contributed by atoms with Crippen molar-refractivity contribution >= 4 is 11.9 Å². The second-order valence-corrected chi connectivity index (χ2v) is 10.3. The van der Waals surface area contributed by atoms with Crippen LogP contribution < -0.4 is 0 Å². The van der Waals surface area contributed by atoms with Crippen LogP contribution in [0.15, 0.2) is 24.3 Å². The lowest BCUT2D eigenvalue weighted by molar-refractivity contribution is 0.0205. The van der Waals surface area contributed by atoms with Crippen molar-refractivity contribution in [1.29, 1.82) is 0 Å². The van der Waals surface area contributed by atoms with E-state index in [0.29, 0.717) is 11.1 Å². The van der Waals surface area contributed by atoms with Crippen molar-refractivity contribution in [3.8, 4) is 0 Å². The van der Waals surface area contributed by atoms with Crippen LogP contribution in [0.4, 0.5) is 0 Å². The van der Waals surface area contributed by atoms with E-state index in [4.69, 9.17) is 9.47 Å². The van der Waals surface area contributed by atoms with E-state index in [1.165, 1.54) is 64.2 Å². The monoisotopic (exact) mass is 502 g/mol. The maximum absolute atomic E-state index is 13.1. The van der Waals surface area contributed by atoms with Gasteiger partial charge in [-0.25, -0.2) is 9.59 Å². The van der Waals surface area contributed by atoms with E-state index in [9.17, 15) is 9.59 Å². The van der Waals surface area contributed by atoms with E-state index in [2.05, 4.69) is 27.7 Å². The van der Waals surface area contributed by atoms with E-state index in [1.807, 2.05) is 0 Å². The van der Waals surface area contributed by atoms with Crippen LogP contribution in [0.3, 0.4) is 0 Å². The number of rotatable bonds is 22. The van der Waals surface area contributed by atoms with Gasteiger partial charge in [0.05, 0.1) is 11.1 Å². The number of unbranched alkanes of at least 4 members (excludes halogenated alkanes) is 10. The number of hydrogen-bond donors (Lipinski definition) is 0. The van der Waals surface area contributed by atoms with Gasteiger partial charge in [0.25, 0.3) is 0 Å². The summed E-state index contributed by atoms with van der Waals surface area (Å²) >= 11 is 0. The molecule has 2 unspecified atom stereocenters.